The van der Waals surface area contributed by atoms with Crippen molar-refractivity contribution in [2.24, 2.45) is 0 Å². The molecule has 2 aromatic carbocycles. The number of hydrogen-bond acceptors (Lipinski definition) is 6. The smallest absolute Gasteiger partial charge is 0.240 e. The molecule has 2 amide bonds. The maximum absolute atomic E-state index is 12.3. The van der Waals surface area contributed by atoms with Gasteiger partial charge in [0.15, 0.2) is 11.5 Å². The Labute approximate surface area is 174 Å². The standard InChI is InChI=1S/C20H23N3O6S/c1-14(24)23-16-3-5-17(6-4-16)30(26,27)22-9-8-20(25)21-13-15-2-7-18-19(12-15)29-11-10-28-18/h2-7,12,22H,8-11,13H2,1H3,(H,21,25)(H,23,24). The van der Waals surface area contributed by atoms with E-state index in [2.05, 4.69) is 15.4 Å². The largest absolute Gasteiger partial charge is 0.486 e. The van der Waals surface area contributed by atoms with Crippen LogP contribution in [0.3, 0.4) is 0 Å². The molecule has 0 unspecified atom stereocenters. The van der Waals surface area contributed by atoms with Crippen LogP contribution in [-0.2, 0) is 26.2 Å². The zero-order valence-electron chi connectivity index (χ0n) is 16.4. The summed E-state index contributed by atoms with van der Waals surface area (Å²) < 4.78 is 38.0. The lowest BCUT2D eigenvalue weighted by Crippen LogP contribution is -2.30. The lowest BCUT2D eigenvalue weighted by molar-refractivity contribution is -0.121. The second-order valence-electron chi connectivity index (χ2n) is 6.61. The predicted molar refractivity (Wildman–Crippen MR) is 110 cm³/mol. The van der Waals surface area contributed by atoms with E-state index in [9.17, 15) is 18.0 Å². The van der Waals surface area contributed by atoms with Crippen LogP contribution in [-0.4, -0.2) is 40.0 Å². The van der Waals surface area contributed by atoms with E-state index in [4.69, 9.17) is 9.47 Å². The van der Waals surface area contributed by atoms with E-state index < -0.39 is 10.0 Å². The van der Waals surface area contributed by atoms with Gasteiger partial charge in [-0.25, -0.2) is 13.1 Å². The fraction of sp³-hybridized carbons (Fsp3) is 0.300. The van der Waals surface area contributed by atoms with Gasteiger partial charge in [0, 0.05) is 32.1 Å². The average molecular weight is 433 g/mol. The summed E-state index contributed by atoms with van der Waals surface area (Å²) in [4.78, 5) is 23.1. The van der Waals surface area contributed by atoms with Gasteiger partial charge in [-0.2, -0.15) is 0 Å². The lowest BCUT2D eigenvalue weighted by atomic mass is 10.2. The Hall–Kier alpha value is -3.11. The molecule has 0 spiro atoms. The van der Waals surface area contributed by atoms with Crippen molar-refractivity contribution in [3.63, 3.8) is 0 Å². The van der Waals surface area contributed by atoms with Crippen molar-refractivity contribution < 1.29 is 27.5 Å². The Kier molecular flexibility index (Phi) is 6.91. The summed E-state index contributed by atoms with van der Waals surface area (Å²) in [6.45, 7) is 2.62. The summed E-state index contributed by atoms with van der Waals surface area (Å²) in [5, 5.41) is 5.31. The highest BCUT2D eigenvalue weighted by Gasteiger charge is 2.15. The summed E-state index contributed by atoms with van der Waals surface area (Å²) in [5.41, 5.74) is 1.35. The molecular weight excluding hydrogens is 410 g/mol. The Balaban J connectivity index is 1.45. The second-order valence-corrected chi connectivity index (χ2v) is 8.38. The van der Waals surface area contributed by atoms with E-state index >= 15 is 0 Å². The Morgan fingerprint density at radius 2 is 1.70 bits per heavy atom. The normalized spacial score (nSPS) is 12.8. The molecule has 0 aromatic heterocycles. The van der Waals surface area contributed by atoms with Crippen LogP contribution < -0.4 is 24.8 Å². The molecule has 1 aliphatic heterocycles. The second kappa shape index (κ2) is 9.59. The van der Waals surface area contributed by atoms with Gasteiger partial charge >= 0.3 is 0 Å². The minimum Gasteiger partial charge on any atom is -0.486 e. The van der Waals surface area contributed by atoms with Crippen molar-refractivity contribution in [2.45, 2.75) is 24.8 Å². The van der Waals surface area contributed by atoms with Gasteiger partial charge in [-0.1, -0.05) is 6.07 Å². The summed E-state index contributed by atoms with van der Waals surface area (Å²) in [5.74, 6) is 0.792. The number of anilines is 1. The highest BCUT2D eigenvalue weighted by molar-refractivity contribution is 7.89. The predicted octanol–water partition coefficient (Wildman–Crippen LogP) is 1.40. The first-order valence-electron chi connectivity index (χ1n) is 9.36. The SMILES string of the molecule is CC(=O)Nc1ccc(S(=O)(=O)NCCC(=O)NCc2ccc3c(c2)OCCO3)cc1. The van der Waals surface area contributed by atoms with Crippen LogP contribution in [0, 0.1) is 0 Å². The molecule has 10 heteroatoms. The molecule has 3 rings (SSSR count). The number of sulfonamides is 1. The first-order chi connectivity index (χ1) is 14.3. The molecule has 1 heterocycles. The third-order valence-corrected chi connectivity index (χ3v) is 5.70. The van der Waals surface area contributed by atoms with E-state index in [1.165, 1.54) is 31.2 Å². The monoisotopic (exact) mass is 433 g/mol. The quantitative estimate of drug-likeness (QED) is 0.578. The van der Waals surface area contributed by atoms with E-state index in [0.717, 1.165) is 5.56 Å². The summed E-state index contributed by atoms with van der Waals surface area (Å²) in [6.07, 6.45) is -0.00619. The Morgan fingerprint density at radius 3 is 2.40 bits per heavy atom. The van der Waals surface area contributed by atoms with Gasteiger partial charge in [-0.05, 0) is 42.0 Å². The van der Waals surface area contributed by atoms with Crippen LogP contribution in [0.1, 0.15) is 18.9 Å². The summed E-state index contributed by atoms with van der Waals surface area (Å²) in [7, 11) is -3.75. The number of carbonyl (C=O) groups is 2. The van der Waals surface area contributed by atoms with Crippen molar-refractivity contribution in [1.29, 1.82) is 0 Å². The van der Waals surface area contributed by atoms with Crippen LogP contribution in [0.25, 0.3) is 0 Å². The van der Waals surface area contributed by atoms with E-state index in [1.807, 2.05) is 12.1 Å². The first kappa shape index (κ1) is 21.6. The van der Waals surface area contributed by atoms with E-state index in [1.54, 1.807) is 6.07 Å². The average Bonchev–Trinajstić information content (AvgIpc) is 2.72. The highest BCUT2D eigenvalue weighted by atomic mass is 32.2. The molecule has 0 bridgehead atoms. The van der Waals surface area contributed by atoms with Crippen molar-refractivity contribution in [3.05, 3.63) is 48.0 Å². The van der Waals surface area contributed by atoms with Gasteiger partial charge in [0.1, 0.15) is 13.2 Å². The third kappa shape index (κ3) is 5.94. The molecule has 160 valence electrons. The molecule has 30 heavy (non-hydrogen) atoms. The zero-order valence-corrected chi connectivity index (χ0v) is 17.3. The number of nitrogens with one attached hydrogen (secondary N) is 3. The van der Waals surface area contributed by atoms with E-state index in [0.29, 0.717) is 36.9 Å². The van der Waals surface area contributed by atoms with Gasteiger partial charge in [0.2, 0.25) is 21.8 Å². The number of fused-ring (bicyclic) bond motifs is 1. The number of amides is 2. The maximum atomic E-state index is 12.3. The number of hydrogen-bond donors (Lipinski definition) is 3. The van der Waals surface area contributed by atoms with Gasteiger partial charge in [0.05, 0.1) is 4.90 Å². The maximum Gasteiger partial charge on any atom is 0.240 e. The molecule has 9 nitrogen and oxygen atoms in total. The van der Waals surface area contributed by atoms with E-state index in [-0.39, 0.29) is 29.7 Å². The highest BCUT2D eigenvalue weighted by Crippen LogP contribution is 2.30. The van der Waals surface area contributed by atoms with Crippen LogP contribution in [0.4, 0.5) is 5.69 Å². The molecule has 3 N–H and O–H groups in total. The fourth-order valence-electron chi connectivity index (χ4n) is 2.79. The minimum atomic E-state index is -3.75. The molecule has 0 radical (unpaired) electrons. The molecule has 0 atom stereocenters. The number of benzene rings is 2. The van der Waals surface area contributed by atoms with Gasteiger partial charge in [-0.3, -0.25) is 9.59 Å². The van der Waals surface area contributed by atoms with Crippen LogP contribution in [0.5, 0.6) is 11.5 Å². The van der Waals surface area contributed by atoms with Gasteiger partial charge in [-0.15, -0.1) is 0 Å². The minimum absolute atomic E-state index is 0.00619. The number of carbonyl (C=O) groups excluding carboxylic acids is 2. The number of ether oxygens (including phenoxy) is 2. The first-order valence-corrected chi connectivity index (χ1v) is 10.8. The molecule has 2 aromatic rings. The van der Waals surface area contributed by atoms with Gasteiger partial charge in [0.25, 0.3) is 0 Å². The summed E-state index contributed by atoms with van der Waals surface area (Å²) >= 11 is 0. The molecule has 0 fully saturated rings. The van der Waals surface area contributed by atoms with Crippen LogP contribution in [0.2, 0.25) is 0 Å². The van der Waals surface area contributed by atoms with Crippen LogP contribution in [0.15, 0.2) is 47.4 Å². The Morgan fingerprint density at radius 1 is 1.00 bits per heavy atom. The van der Waals surface area contributed by atoms with Gasteiger partial charge < -0.3 is 20.1 Å². The molecule has 0 saturated heterocycles. The van der Waals surface area contributed by atoms with Crippen molar-refractivity contribution in [1.82, 2.24) is 10.0 Å². The molecule has 0 aliphatic carbocycles. The van der Waals surface area contributed by atoms with Crippen molar-refractivity contribution >= 4 is 27.5 Å². The lowest BCUT2D eigenvalue weighted by Gasteiger charge is -2.19. The van der Waals surface area contributed by atoms with Crippen molar-refractivity contribution in [3.8, 4) is 11.5 Å². The number of rotatable bonds is 8. The van der Waals surface area contributed by atoms with Crippen molar-refractivity contribution in [2.75, 3.05) is 25.1 Å². The summed E-state index contributed by atoms with van der Waals surface area (Å²) in [6, 6.07) is 11.2. The topological polar surface area (TPSA) is 123 Å². The molecule has 1 aliphatic rings. The fourth-order valence-corrected chi connectivity index (χ4v) is 3.82. The molecule has 0 saturated carbocycles. The van der Waals surface area contributed by atoms with Crippen LogP contribution >= 0.6 is 0 Å². The zero-order chi connectivity index (χ0) is 21.6. The Bertz CT molecular complexity index is 1020. The molecular formula is C20H23N3O6S. The third-order valence-electron chi connectivity index (χ3n) is 4.23.